The molecule has 0 fully saturated rings. The summed E-state index contributed by atoms with van der Waals surface area (Å²) in [6.07, 6.45) is 0. The van der Waals surface area contributed by atoms with Gasteiger partial charge in [-0.25, -0.2) is 28.1 Å². The molecule has 6 N–H and O–H groups in total. The summed E-state index contributed by atoms with van der Waals surface area (Å²) in [6.45, 7) is -4.13. The van der Waals surface area contributed by atoms with E-state index in [1.807, 2.05) is 0 Å². The zero-order valence-corrected chi connectivity index (χ0v) is 14.8. The lowest BCUT2D eigenvalue weighted by atomic mass is 10.1. The predicted octanol–water partition coefficient (Wildman–Crippen LogP) is -5.03. The Labute approximate surface area is 153 Å². The molecule has 1 rings (SSSR count). The molecule has 0 saturated carbocycles. The highest BCUT2D eigenvalue weighted by Crippen LogP contribution is 1.99. The molecule has 1 aromatic heterocycles. The monoisotopic (exact) mass is 393 g/mol. The van der Waals surface area contributed by atoms with Crippen LogP contribution in [-0.2, 0) is 19.6 Å². The van der Waals surface area contributed by atoms with Crippen molar-refractivity contribution >= 4 is 0 Å². The second kappa shape index (κ2) is 11.1. The van der Waals surface area contributed by atoms with Crippen molar-refractivity contribution in [2.75, 3.05) is 39.6 Å². The maximum atomic E-state index is 12.6. The summed E-state index contributed by atoms with van der Waals surface area (Å²) in [7, 11) is 0. The van der Waals surface area contributed by atoms with Gasteiger partial charge in [0.15, 0.2) is 0 Å². The van der Waals surface area contributed by atoms with Crippen LogP contribution in [-0.4, -0.2) is 84.0 Å². The average molecular weight is 393 g/mol. The Balaban J connectivity index is 3.59. The van der Waals surface area contributed by atoms with Crippen molar-refractivity contribution in [3.63, 3.8) is 0 Å². The number of aliphatic hydroxyl groups excluding tert-OH is 6. The van der Waals surface area contributed by atoms with E-state index in [4.69, 9.17) is 0 Å². The minimum absolute atomic E-state index is 0.364. The van der Waals surface area contributed by atoms with Gasteiger partial charge in [-0.15, -0.1) is 0 Å². The fourth-order valence-corrected chi connectivity index (χ4v) is 2.45. The Kier molecular flexibility index (Phi) is 9.55. The third kappa shape index (κ3) is 5.57. The van der Waals surface area contributed by atoms with Gasteiger partial charge in [0.25, 0.3) is 0 Å². The number of hydrogen-bond acceptors (Lipinski definition) is 9. The van der Waals surface area contributed by atoms with E-state index in [2.05, 4.69) is 0 Å². The van der Waals surface area contributed by atoms with Crippen LogP contribution in [0.25, 0.3) is 0 Å². The number of aliphatic hydroxyl groups is 6. The van der Waals surface area contributed by atoms with E-state index in [9.17, 15) is 45.0 Å². The molecule has 0 unspecified atom stereocenters. The van der Waals surface area contributed by atoms with Crippen LogP contribution in [0, 0.1) is 17.8 Å². The summed E-state index contributed by atoms with van der Waals surface area (Å²) < 4.78 is 1.99. The molecule has 0 bridgehead atoms. The van der Waals surface area contributed by atoms with Crippen molar-refractivity contribution in [1.29, 1.82) is 0 Å². The number of nitrogens with zero attached hydrogens (tertiary/aromatic N) is 3. The largest absolute Gasteiger partial charge is 0.396 e. The molecule has 0 saturated heterocycles. The number of hydrogen-bond donors (Lipinski definition) is 6. The SMILES string of the molecule is O=c1n(CC(CO)CO)c(=O)n(CC(CO)CO)c(=O)n1CC(CO)CO. The Hall–Kier alpha value is -1.83. The Bertz CT molecular complexity index is 612. The molecule has 12 heteroatoms. The van der Waals surface area contributed by atoms with E-state index in [-0.39, 0.29) is 19.6 Å². The third-order valence-corrected chi connectivity index (χ3v) is 4.26. The summed E-state index contributed by atoms with van der Waals surface area (Å²) in [5.74, 6) is -2.48. The maximum Gasteiger partial charge on any atom is 0.336 e. The van der Waals surface area contributed by atoms with Crippen LogP contribution in [0.3, 0.4) is 0 Å². The van der Waals surface area contributed by atoms with Crippen LogP contribution < -0.4 is 17.1 Å². The molecule has 0 atom stereocenters. The smallest absolute Gasteiger partial charge is 0.336 e. The summed E-state index contributed by atoms with van der Waals surface area (Å²) in [4.78, 5) is 37.8. The van der Waals surface area contributed by atoms with Gasteiger partial charge in [0.1, 0.15) is 0 Å². The number of rotatable bonds is 12. The molecule has 1 heterocycles. The fraction of sp³-hybridized carbons (Fsp3) is 0.800. The van der Waals surface area contributed by atoms with Gasteiger partial charge >= 0.3 is 17.1 Å². The third-order valence-electron chi connectivity index (χ3n) is 4.26. The molecule has 0 aromatic carbocycles. The average Bonchev–Trinajstić information content (AvgIpc) is 2.68. The van der Waals surface area contributed by atoms with Crippen molar-refractivity contribution in [1.82, 2.24) is 13.7 Å². The maximum absolute atomic E-state index is 12.6. The molecule has 156 valence electrons. The Morgan fingerprint density at radius 1 is 0.481 bits per heavy atom. The molecule has 0 aliphatic heterocycles. The predicted molar refractivity (Wildman–Crippen MR) is 92.2 cm³/mol. The van der Waals surface area contributed by atoms with E-state index >= 15 is 0 Å². The van der Waals surface area contributed by atoms with Crippen molar-refractivity contribution in [2.24, 2.45) is 17.8 Å². The second-order valence-electron chi connectivity index (χ2n) is 6.37. The molecule has 0 aliphatic carbocycles. The minimum atomic E-state index is -1.01. The lowest BCUT2D eigenvalue weighted by Crippen LogP contribution is -2.56. The van der Waals surface area contributed by atoms with Gasteiger partial charge in [0.05, 0.1) is 0 Å². The molecule has 0 aliphatic rings. The highest BCUT2D eigenvalue weighted by molar-refractivity contribution is 4.82. The van der Waals surface area contributed by atoms with E-state index < -0.39 is 74.5 Å². The van der Waals surface area contributed by atoms with Gasteiger partial charge in [-0.1, -0.05) is 0 Å². The zero-order valence-electron chi connectivity index (χ0n) is 14.8. The number of aromatic nitrogens is 3. The van der Waals surface area contributed by atoms with Crippen LogP contribution in [0.5, 0.6) is 0 Å². The van der Waals surface area contributed by atoms with Gasteiger partial charge in [-0.3, -0.25) is 0 Å². The van der Waals surface area contributed by atoms with Gasteiger partial charge < -0.3 is 30.6 Å². The zero-order chi connectivity index (χ0) is 20.6. The summed E-state index contributed by atoms with van der Waals surface area (Å²) in [6, 6.07) is 0. The van der Waals surface area contributed by atoms with E-state index in [0.717, 1.165) is 0 Å². The minimum Gasteiger partial charge on any atom is -0.396 e. The van der Waals surface area contributed by atoms with Crippen LogP contribution in [0.2, 0.25) is 0 Å². The molecular weight excluding hydrogens is 366 g/mol. The summed E-state index contributed by atoms with van der Waals surface area (Å²) in [5, 5.41) is 55.3. The van der Waals surface area contributed by atoms with Gasteiger partial charge in [0, 0.05) is 77.0 Å². The Morgan fingerprint density at radius 3 is 0.815 bits per heavy atom. The summed E-state index contributed by atoms with van der Waals surface area (Å²) in [5.41, 5.74) is -3.03. The standard InChI is InChI=1S/C15H27N3O9/c19-4-10(5-20)1-16-13(25)17(2-11(6-21)7-22)15(27)18(14(16)26)3-12(8-23)9-24/h10-12,19-24H,1-9H2. The van der Waals surface area contributed by atoms with Crippen LogP contribution in [0.1, 0.15) is 0 Å². The fourth-order valence-electron chi connectivity index (χ4n) is 2.45. The van der Waals surface area contributed by atoms with Crippen LogP contribution in [0.4, 0.5) is 0 Å². The molecule has 12 nitrogen and oxygen atoms in total. The first kappa shape index (κ1) is 23.2. The lowest BCUT2D eigenvalue weighted by Gasteiger charge is -2.20. The molecular formula is C15H27N3O9. The first-order valence-corrected chi connectivity index (χ1v) is 8.47. The quantitative estimate of drug-likeness (QED) is 0.202. The highest BCUT2D eigenvalue weighted by Gasteiger charge is 2.22. The topological polar surface area (TPSA) is 187 Å². The molecule has 0 amide bonds. The van der Waals surface area contributed by atoms with E-state index in [0.29, 0.717) is 13.7 Å². The summed E-state index contributed by atoms with van der Waals surface area (Å²) >= 11 is 0. The first-order valence-electron chi connectivity index (χ1n) is 8.47. The lowest BCUT2D eigenvalue weighted by molar-refractivity contribution is 0.121. The van der Waals surface area contributed by atoms with E-state index in [1.165, 1.54) is 0 Å². The first-order chi connectivity index (χ1) is 12.9. The molecule has 0 spiro atoms. The van der Waals surface area contributed by atoms with Crippen molar-refractivity contribution in [2.45, 2.75) is 19.6 Å². The van der Waals surface area contributed by atoms with Gasteiger partial charge in [-0.2, -0.15) is 0 Å². The van der Waals surface area contributed by atoms with E-state index in [1.54, 1.807) is 0 Å². The van der Waals surface area contributed by atoms with Gasteiger partial charge in [0.2, 0.25) is 0 Å². The van der Waals surface area contributed by atoms with Gasteiger partial charge in [-0.05, 0) is 0 Å². The normalized spacial score (nSPS) is 11.9. The Morgan fingerprint density at radius 2 is 0.667 bits per heavy atom. The van der Waals surface area contributed by atoms with Crippen LogP contribution >= 0.6 is 0 Å². The molecule has 0 radical (unpaired) electrons. The highest BCUT2D eigenvalue weighted by atomic mass is 16.3. The van der Waals surface area contributed by atoms with Crippen molar-refractivity contribution in [3.8, 4) is 0 Å². The second-order valence-corrected chi connectivity index (χ2v) is 6.37. The molecule has 1 aromatic rings. The van der Waals surface area contributed by atoms with Crippen LogP contribution in [0.15, 0.2) is 14.4 Å². The molecule has 27 heavy (non-hydrogen) atoms. The van der Waals surface area contributed by atoms with Crippen molar-refractivity contribution < 1.29 is 30.6 Å². The van der Waals surface area contributed by atoms with Crippen molar-refractivity contribution in [3.05, 3.63) is 31.5 Å².